The number of nitrogens with two attached hydrogens (primary N) is 1. The summed E-state index contributed by atoms with van der Waals surface area (Å²) in [6.07, 6.45) is 4.29. The molecular weight excluding hydrogens is 192 g/mol. The molecule has 1 fully saturated rings. The van der Waals surface area contributed by atoms with E-state index in [0.29, 0.717) is 6.54 Å². The van der Waals surface area contributed by atoms with E-state index < -0.39 is 11.6 Å². The number of rotatable bonds is 3. The minimum absolute atomic E-state index is 0.0249. The van der Waals surface area contributed by atoms with Gasteiger partial charge in [0.25, 0.3) is 0 Å². The van der Waals surface area contributed by atoms with Gasteiger partial charge in [-0.3, -0.25) is 4.79 Å². The van der Waals surface area contributed by atoms with Crippen LogP contribution in [0, 0.1) is 0 Å². The fourth-order valence-corrected chi connectivity index (χ4v) is 2.26. The van der Waals surface area contributed by atoms with Gasteiger partial charge in [0.05, 0.1) is 11.6 Å². The van der Waals surface area contributed by atoms with Gasteiger partial charge in [-0.25, -0.2) is 0 Å². The summed E-state index contributed by atoms with van der Waals surface area (Å²) in [5.41, 5.74) is 5.43. The summed E-state index contributed by atoms with van der Waals surface area (Å²) in [6, 6.07) is 0. The molecule has 0 aromatic rings. The highest BCUT2D eigenvalue weighted by molar-refractivity contribution is 5.86. The number of amides is 1. The first-order valence-electron chi connectivity index (χ1n) is 5.68. The fraction of sp³-hybridized carbons (Fsp3) is 0.909. The van der Waals surface area contributed by atoms with Crippen molar-refractivity contribution < 1.29 is 9.90 Å². The van der Waals surface area contributed by atoms with E-state index >= 15 is 0 Å². The van der Waals surface area contributed by atoms with Gasteiger partial charge >= 0.3 is 0 Å². The van der Waals surface area contributed by atoms with Gasteiger partial charge < -0.3 is 15.7 Å². The van der Waals surface area contributed by atoms with E-state index in [1.807, 2.05) is 0 Å². The van der Waals surface area contributed by atoms with Crippen molar-refractivity contribution >= 4 is 5.91 Å². The second kappa shape index (κ2) is 4.94. The van der Waals surface area contributed by atoms with Crippen molar-refractivity contribution in [3.05, 3.63) is 0 Å². The van der Waals surface area contributed by atoms with Crippen LogP contribution in [0.1, 0.15) is 39.0 Å². The predicted octanol–water partition coefficient (Wildman–Crippen LogP) is 0.487. The van der Waals surface area contributed by atoms with E-state index in [-0.39, 0.29) is 5.91 Å². The van der Waals surface area contributed by atoms with Gasteiger partial charge in [-0.1, -0.05) is 19.3 Å². The van der Waals surface area contributed by atoms with Crippen LogP contribution in [0.5, 0.6) is 0 Å². The van der Waals surface area contributed by atoms with Crippen LogP contribution < -0.4 is 5.73 Å². The molecule has 4 nitrogen and oxygen atoms in total. The Hall–Kier alpha value is -0.610. The van der Waals surface area contributed by atoms with Gasteiger partial charge in [-0.2, -0.15) is 0 Å². The van der Waals surface area contributed by atoms with Crippen LogP contribution in [0.4, 0.5) is 0 Å². The minimum atomic E-state index is -0.679. The minimum Gasteiger partial charge on any atom is -0.392 e. The summed E-state index contributed by atoms with van der Waals surface area (Å²) in [5.74, 6) is -0.0249. The average molecular weight is 214 g/mol. The number of aliphatic hydroxyl groups excluding tert-OH is 1. The molecule has 1 amide bonds. The van der Waals surface area contributed by atoms with Crippen LogP contribution in [0.2, 0.25) is 0 Å². The highest BCUT2D eigenvalue weighted by atomic mass is 16.3. The molecule has 1 aliphatic rings. The maximum atomic E-state index is 12.0. The van der Waals surface area contributed by atoms with E-state index in [0.717, 1.165) is 25.7 Å². The Bertz CT molecular complexity index is 223. The molecule has 0 heterocycles. The maximum Gasteiger partial charge on any atom is 0.242 e. The molecule has 0 aromatic heterocycles. The molecule has 88 valence electrons. The number of likely N-dealkylation sites (N-methyl/N-ethyl adjacent to an activating group) is 1. The zero-order chi connectivity index (χ0) is 11.5. The highest BCUT2D eigenvalue weighted by Crippen LogP contribution is 2.27. The molecule has 0 aliphatic heterocycles. The van der Waals surface area contributed by atoms with Crippen molar-refractivity contribution in [3.8, 4) is 0 Å². The molecule has 1 saturated carbocycles. The zero-order valence-electron chi connectivity index (χ0n) is 9.70. The van der Waals surface area contributed by atoms with Gasteiger partial charge in [0.2, 0.25) is 5.91 Å². The second-order valence-corrected chi connectivity index (χ2v) is 4.75. The van der Waals surface area contributed by atoms with Crippen molar-refractivity contribution in [2.24, 2.45) is 5.73 Å². The van der Waals surface area contributed by atoms with E-state index in [4.69, 9.17) is 5.73 Å². The van der Waals surface area contributed by atoms with Gasteiger partial charge in [-0.05, 0) is 19.8 Å². The predicted molar refractivity (Wildman–Crippen MR) is 59.3 cm³/mol. The number of aliphatic hydroxyl groups is 1. The maximum absolute atomic E-state index is 12.0. The normalized spacial score (nSPS) is 22.1. The van der Waals surface area contributed by atoms with Crippen molar-refractivity contribution in [2.45, 2.75) is 50.7 Å². The summed E-state index contributed by atoms with van der Waals surface area (Å²) in [6.45, 7) is 2.03. The van der Waals surface area contributed by atoms with Crippen molar-refractivity contribution in [1.29, 1.82) is 0 Å². The third kappa shape index (κ3) is 3.18. The standard InChI is InChI=1S/C11H22N2O2/c1-9(14)8-13(2)10(15)11(12)6-4-3-5-7-11/h9,14H,3-8,12H2,1-2H3. The quantitative estimate of drug-likeness (QED) is 0.718. The zero-order valence-corrected chi connectivity index (χ0v) is 9.70. The van der Waals surface area contributed by atoms with Crippen LogP contribution in [-0.2, 0) is 4.79 Å². The summed E-state index contributed by atoms with van der Waals surface area (Å²) in [5, 5.41) is 9.22. The van der Waals surface area contributed by atoms with Gasteiger partial charge in [0, 0.05) is 13.6 Å². The number of nitrogens with zero attached hydrogens (tertiary/aromatic N) is 1. The Morgan fingerprint density at radius 1 is 1.47 bits per heavy atom. The van der Waals surface area contributed by atoms with E-state index in [9.17, 15) is 9.90 Å². The van der Waals surface area contributed by atoms with Crippen molar-refractivity contribution in [2.75, 3.05) is 13.6 Å². The number of hydrogen-bond acceptors (Lipinski definition) is 3. The highest BCUT2D eigenvalue weighted by Gasteiger charge is 2.37. The smallest absolute Gasteiger partial charge is 0.242 e. The summed E-state index contributed by atoms with van der Waals surface area (Å²) in [4.78, 5) is 13.6. The summed E-state index contributed by atoms with van der Waals surface area (Å²) < 4.78 is 0. The van der Waals surface area contributed by atoms with Crippen molar-refractivity contribution in [1.82, 2.24) is 4.90 Å². The Morgan fingerprint density at radius 2 is 2.00 bits per heavy atom. The molecule has 1 unspecified atom stereocenters. The van der Waals surface area contributed by atoms with Crippen LogP contribution in [0.15, 0.2) is 0 Å². The van der Waals surface area contributed by atoms with Crippen LogP contribution in [0.25, 0.3) is 0 Å². The van der Waals surface area contributed by atoms with Gasteiger partial charge in [0.15, 0.2) is 0 Å². The second-order valence-electron chi connectivity index (χ2n) is 4.75. The lowest BCUT2D eigenvalue weighted by molar-refractivity contribution is -0.138. The molecule has 0 aromatic carbocycles. The first-order chi connectivity index (χ1) is 6.96. The third-order valence-corrected chi connectivity index (χ3v) is 3.06. The van der Waals surface area contributed by atoms with Gasteiger partial charge in [0.1, 0.15) is 0 Å². The lowest BCUT2D eigenvalue weighted by Crippen LogP contribution is -2.56. The number of carbonyl (C=O) groups is 1. The molecule has 0 radical (unpaired) electrons. The molecule has 1 aliphatic carbocycles. The topological polar surface area (TPSA) is 66.6 Å². The number of carbonyl (C=O) groups excluding carboxylic acids is 1. The molecular formula is C11H22N2O2. The van der Waals surface area contributed by atoms with Crippen molar-refractivity contribution in [3.63, 3.8) is 0 Å². The third-order valence-electron chi connectivity index (χ3n) is 3.06. The molecule has 0 spiro atoms. The Labute approximate surface area is 91.4 Å². The molecule has 0 saturated heterocycles. The fourth-order valence-electron chi connectivity index (χ4n) is 2.26. The largest absolute Gasteiger partial charge is 0.392 e. The Kier molecular flexibility index (Phi) is 4.11. The Morgan fingerprint density at radius 3 is 2.47 bits per heavy atom. The lowest BCUT2D eigenvalue weighted by Gasteiger charge is -2.35. The van der Waals surface area contributed by atoms with Gasteiger partial charge in [-0.15, -0.1) is 0 Å². The van der Waals surface area contributed by atoms with Crippen LogP contribution in [0.3, 0.4) is 0 Å². The summed E-state index contributed by atoms with van der Waals surface area (Å²) in [7, 11) is 1.71. The monoisotopic (exact) mass is 214 g/mol. The first-order valence-corrected chi connectivity index (χ1v) is 5.68. The van der Waals surface area contributed by atoms with Crippen LogP contribution >= 0.6 is 0 Å². The Balaban J connectivity index is 2.57. The van der Waals surface area contributed by atoms with E-state index in [2.05, 4.69) is 0 Å². The van der Waals surface area contributed by atoms with E-state index in [1.165, 1.54) is 6.42 Å². The molecule has 1 atom stereocenters. The van der Waals surface area contributed by atoms with Crippen LogP contribution in [-0.4, -0.2) is 41.1 Å². The SMILES string of the molecule is CC(O)CN(C)C(=O)C1(N)CCCCC1. The molecule has 0 bridgehead atoms. The molecule has 1 rings (SSSR count). The number of hydrogen-bond donors (Lipinski definition) is 2. The lowest BCUT2D eigenvalue weighted by atomic mass is 9.81. The summed E-state index contributed by atoms with van der Waals surface area (Å²) >= 11 is 0. The average Bonchev–Trinajstić information content (AvgIpc) is 2.16. The van der Waals surface area contributed by atoms with E-state index in [1.54, 1.807) is 18.9 Å². The molecule has 3 N–H and O–H groups in total. The molecule has 15 heavy (non-hydrogen) atoms. The first kappa shape index (κ1) is 12.5. The molecule has 4 heteroatoms.